The molecule has 1 aromatic rings. The van der Waals surface area contributed by atoms with Crippen LogP contribution in [-0.4, -0.2) is 69.3 Å². The number of rotatable bonds is 18. The van der Waals surface area contributed by atoms with Gasteiger partial charge in [0.2, 0.25) is 5.91 Å². The zero-order valence-electron chi connectivity index (χ0n) is 28.1. The first-order valence-corrected chi connectivity index (χ1v) is 14.8. The summed E-state index contributed by atoms with van der Waals surface area (Å²) in [5.41, 5.74) is 1.99. The molecule has 0 radical (unpaired) electrons. The number of benzene rings is 1. The summed E-state index contributed by atoms with van der Waals surface area (Å²) in [6, 6.07) is 4.42. The molecule has 45 heavy (non-hydrogen) atoms. The number of carbonyl (C=O) groups is 3. The maximum atomic E-state index is 12.7. The van der Waals surface area contributed by atoms with Gasteiger partial charge in [-0.1, -0.05) is 57.2 Å². The number of amides is 1. The largest absolute Gasteiger partial charge is 0.465 e. The summed E-state index contributed by atoms with van der Waals surface area (Å²) in [4.78, 5) is 38.7. The average Bonchev–Trinajstić information content (AvgIpc) is 2.99. The molecule has 0 fully saturated rings. The van der Waals surface area contributed by atoms with Gasteiger partial charge in [0.1, 0.15) is 12.3 Å². The molecule has 0 bridgehead atoms. The predicted octanol–water partition coefficient (Wildman–Crippen LogP) is 6.32. The predicted molar refractivity (Wildman–Crippen MR) is 177 cm³/mol. The molecule has 1 rings (SSSR count). The third-order valence-electron chi connectivity index (χ3n) is 5.58. The first kappa shape index (κ1) is 41.0. The molecule has 0 aromatic heterocycles. The summed E-state index contributed by atoms with van der Waals surface area (Å²) in [7, 11) is 1.24. The second-order valence-corrected chi connectivity index (χ2v) is 10.3. The molecule has 0 aliphatic rings. The van der Waals surface area contributed by atoms with Gasteiger partial charge in [0.15, 0.2) is 12.0 Å². The highest BCUT2D eigenvalue weighted by atomic mass is 16.6. The molecule has 1 unspecified atom stereocenters. The van der Waals surface area contributed by atoms with Crippen LogP contribution in [0, 0.1) is 5.92 Å². The summed E-state index contributed by atoms with van der Waals surface area (Å²) in [6.07, 6.45) is 8.42. The van der Waals surface area contributed by atoms with E-state index in [0.29, 0.717) is 17.9 Å². The molecule has 10 heteroatoms. The van der Waals surface area contributed by atoms with Gasteiger partial charge in [-0.3, -0.25) is 14.5 Å². The Hall–Kier alpha value is -3.99. The van der Waals surface area contributed by atoms with E-state index in [9.17, 15) is 19.5 Å². The fourth-order valence-corrected chi connectivity index (χ4v) is 3.46. The number of ether oxygens (including phenoxy) is 5. The minimum atomic E-state index is -1.11. The first-order chi connectivity index (χ1) is 21.3. The maximum absolute atomic E-state index is 12.7. The van der Waals surface area contributed by atoms with Crippen LogP contribution in [0.25, 0.3) is 0 Å². The fourth-order valence-electron chi connectivity index (χ4n) is 3.46. The van der Waals surface area contributed by atoms with Crippen molar-refractivity contribution in [2.45, 2.75) is 61.2 Å². The Balaban J connectivity index is 0.00000618. The lowest BCUT2D eigenvalue weighted by molar-refractivity contribution is -0.143. The molecule has 1 amide bonds. The van der Waals surface area contributed by atoms with Crippen LogP contribution in [0.2, 0.25) is 0 Å². The molecule has 0 aliphatic carbocycles. The first-order valence-electron chi connectivity index (χ1n) is 14.8. The van der Waals surface area contributed by atoms with Crippen LogP contribution in [0.5, 0.6) is 5.75 Å². The fraction of sp³-hybridized carbons (Fsp3) is 0.457. The highest BCUT2D eigenvalue weighted by Crippen LogP contribution is 2.33. The van der Waals surface area contributed by atoms with E-state index in [4.69, 9.17) is 23.7 Å². The summed E-state index contributed by atoms with van der Waals surface area (Å²) in [6.45, 7) is 19.9. The molecule has 1 N–H and O–H groups in total. The van der Waals surface area contributed by atoms with E-state index < -0.39 is 30.7 Å². The van der Waals surface area contributed by atoms with Gasteiger partial charge in [0.05, 0.1) is 44.8 Å². The minimum absolute atomic E-state index is 0.0646. The van der Waals surface area contributed by atoms with Crippen LogP contribution < -0.4 is 9.64 Å². The van der Waals surface area contributed by atoms with Crippen molar-refractivity contribution in [2.24, 2.45) is 5.92 Å². The van der Waals surface area contributed by atoms with Crippen LogP contribution in [0.1, 0.15) is 65.2 Å². The monoisotopic (exact) mass is 629 g/mol. The third-order valence-corrected chi connectivity index (χ3v) is 5.58. The van der Waals surface area contributed by atoms with Crippen LogP contribution >= 0.6 is 0 Å². The van der Waals surface area contributed by atoms with Crippen LogP contribution in [0.3, 0.4) is 0 Å². The zero-order valence-corrected chi connectivity index (χ0v) is 28.1. The third kappa shape index (κ3) is 17.2. The molecule has 0 saturated heterocycles. The molecule has 0 spiro atoms. The number of esters is 2. The second-order valence-electron chi connectivity index (χ2n) is 10.3. The Labute approximate surface area is 268 Å². The van der Waals surface area contributed by atoms with Gasteiger partial charge < -0.3 is 28.8 Å². The Morgan fingerprint density at radius 2 is 1.73 bits per heavy atom. The number of hydrogen-bond donors (Lipinski definition) is 1. The van der Waals surface area contributed by atoms with Crippen molar-refractivity contribution >= 4 is 23.5 Å². The SMILES string of the molecule is C=C/C=C\C(Oc1ccc(C(=O)OC)cc1N(CC(=O)OCC(C)C)C(C)=O)=C(\C)COCC(O)OC/C(C)=C/CC.C=CC. The smallest absolute Gasteiger partial charge is 0.337 e. The molecule has 1 atom stereocenters. The number of nitrogens with zero attached hydrogens (tertiary/aromatic N) is 1. The number of hydrogen-bond acceptors (Lipinski definition) is 9. The van der Waals surface area contributed by atoms with Gasteiger partial charge >= 0.3 is 11.9 Å². The zero-order chi connectivity index (χ0) is 34.4. The van der Waals surface area contributed by atoms with E-state index in [0.717, 1.165) is 12.0 Å². The number of carbonyl (C=O) groups excluding carboxylic acids is 3. The highest BCUT2D eigenvalue weighted by Gasteiger charge is 2.23. The average molecular weight is 630 g/mol. The summed E-state index contributed by atoms with van der Waals surface area (Å²) in [5.74, 6) is -1.02. The summed E-state index contributed by atoms with van der Waals surface area (Å²) < 4.78 is 27.4. The van der Waals surface area contributed by atoms with Gasteiger partial charge in [-0.05, 0) is 63.0 Å². The van der Waals surface area contributed by atoms with Crippen molar-refractivity contribution in [3.8, 4) is 5.75 Å². The van der Waals surface area contributed by atoms with Crippen molar-refractivity contribution in [1.29, 1.82) is 0 Å². The quantitative estimate of drug-likeness (QED) is 0.0654. The summed E-state index contributed by atoms with van der Waals surface area (Å²) >= 11 is 0. The Morgan fingerprint density at radius 1 is 1.07 bits per heavy atom. The van der Waals surface area contributed by atoms with Crippen LogP contribution in [0.15, 0.2) is 78.6 Å². The Kier molecular flexibility index (Phi) is 21.3. The van der Waals surface area contributed by atoms with E-state index in [2.05, 4.69) is 13.2 Å². The standard InChI is InChI=1S/C32H45NO9.C3H6/c1-9-11-13-28(24(6)20-39-21-31(36)41-19-23(5)12-10-2)42-29-15-14-26(32(37)38-8)16-27(29)33(25(7)34)17-30(35)40-18-22(3)4;1-3-2/h9,11-16,22,31,36H,1,10,17-21H2,2-8H3;3H,1H2,2H3/b13-11-,23-12+,28-24+;. The highest BCUT2D eigenvalue weighted by molar-refractivity contribution is 5.99. The molecule has 0 saturated carbocycles. The Bertz CT molecular complexity index is 1200. The van der Waals surface area contributed by atoms with E-state index in [1.165, 1.54) is 37.1 Å². The van der Waals surface area contributed by atoms with Crippen LogP contribution in [-0.2, 0) is 28.5 Å². The number of methoxy groups -OCH3 is 1. The van der Waals surface area contributed by atoms with Gasteiger partial charge in [-0.25, -0.2) is 4.79 Å². The number of aliphatic hydroxyl groups is 1. The minimum Gasteiger partial charge on any atom is -0.465 e. The van der Waals surface area contributed by atoms with Gasteiger partial charge in [0.25, 0.3) is 0 Å². The van der Waals surface area contributed by atoms with Crippen molar-refractivity contribution in [3.05, 3.63) is 84.2 Å². The van der Waals surface area contributed by atoms with Gasteiger partial charge in [-0.2, -0.15) is 0 Å². The molecule has 10 nitrogen and oxygen atoms in total. The molecule has 1 aromatic carbocycles. The lowest BCUT2D eigenvalue weighted by Gasteiger charge is -2.24. The van der Waals surface area contributed by atoms with E-state index in [-0.39, 0.29) is 42.7 Å². The van der Waals surface area contributed by atoms with E-state index in [1.54, 1.807) is 31.2 Å². The number of anilines is 1. The summed E-state index contributed by atoms with van der Waals surface area (Å²) in [5, 5.41) is 10.1. The van der Waals surface area contributed by atoms with Gasteiger partial charge in [-0.15, -0.1) is 6.58 Å². The van der Waals surface area contributed by atoms with Crippen molar-refractivity contribution in [2.75, 3.05) is 45.0 Å². The molecule has 250 valence electrons. The van der Waals surface area contributed by atoms with E-state index in [1.807, 2.05) is 40.7 Å². The molecular weight excluding hydrogens is 578 g/mol. The van der Waals surface area contributed by atoms with Gasteiger partial charge in [0, 0.05) is 6.92 Å². The number of allylic oxidation sites excluding steroid dienone is 5. The topological polar surface area (TPSA) is 121 Å². The lowest BCUT2D eigenvalue weighted by Crippen LogP contribution is -2.35. The number of aliphatic hydroxyl groups excluding tert-OH is 1. The molecule has 0 heterocycles. The van der Waals surface area contributed by atoms with Crippen molar-refractivity contribution < 1.29 is 43.2 Å². The lowest BCUT2D eigenvalue weighted by atomic mass is 10.1. The van der Waals surface area contributed by atoms with Crippen molar-refractivity contribution in [1.82, 2.24) is 0 Å². The molecular formula is C35H51NO9. The molecule has 0 aliphatic heterocycles. The maximum Gasteiger partial charge on any atom is 0.337 e. The Morgan fingerprint density at radius 3 is 2.29 bits per heavy atom. The second kappa shape index (κ2) is 23.4. The van der Waals surface area contributed by atoms with E-state index >= 15 is 0 Å². The van der Waals surface area contributed by atoms with Crippen molar-refractivity contribution in [3.63, 3.8) is 0 Å². The normalized spacial score (nSPS) is 12.4. The van der Waals surface area contributed by atoms with Crippen LogP contribution in [0.4, 0.5) is 5.69 Å².